The third-order valence-corrected chi connectivity index (χ3v) is 3.80. The predicted molar refractivity (Wildman–Crippen MR) is 79.7 cm³/mol. The molecule has 0 saturated heterocycles. The Morgan fingerprint density at radius 2 is 2.21 bits per heavy atom. The van der Waals surface area contributed by atoms with Gasteiger partial charge in [0.15, 0.2) is 0 Å². The minimum atomic E-state index is 0.218. The highest BCUT2D eigenvalue weighted by Gasteiger charge is 2.20. The standard InChI is InChI=1S/C14H22ClN3O/c1-4-13(9-14(16)17-19)18(3)10(2)11-6-5-7-12(15)8-11/h5-8,10,13,19H,4,9H2,1-3H3,(H2,16,17). The average Bonchev–Trinajstić information content (AvgIpc) is 2.42. The van der Waals surface area contributed by atoms with E-state index in [4.69, 9.17) is 22.5 Å². The van der Waals surface area contributed by atoms with Crippen molar-refractivity contribution in [3.8, 4) is 0 Å². The van der Waals surface area contributed by atoms with Crippen LogP contribution in [0.15, 0.2) is 29.4 Å². The lowest BCUT2D eigenvalue weighted by atomic mass is 10.0. The molecule has 5 heteroatoms. The molecule has 0 aliphatic heterocycles. The number of benzene rings is 1. The van der Waals surface area contributed by atoms with Gasteiger partial charge in [-0.3, -0.25) is 4.90 Å². The van der Waals surface area contributed by atoms with E-state index in [9.17, 15) is 0 Å². The van der Waals surface area contributed by atoms with Gasteiger partial charge >= 0.3 is 0 Å². The van der Waals surface area contributed by atoms with E-state index in [0.717, 1.165) is 17.0 Å². The summed E-state index contributed by atoms with van der Waals surface area (Å²) in [6, 6.07) is 8.29. The molecule has 0 heterocycles. The van der Waals surface area contributed by atoms with Gasteiger partial charge in [0, 0.05) is 23.5 Å². The van der Waals surface area contributed by atoms with Crippen molar-refractivity contribution in [1.82, 2.24) is 4.90 Å². The van der Waals surface area contributed by atoms with E-state index < -0.39 is 0 Å². The van der Waals surface area contributed by atoms with E-state index in [2.05, 4.69) is 30.0 Å². The first kappa shape index (κ1) is 15.8. The minimum absolute atomic E-state index is 0.218. The molecule has 0 radical (unpaired) electrons. The van der Waals surface area contributed by atoms with Crippen molar-refractivity contribution >= 4 is 17.4 Å². The van der Waals surface area contributed by atoms with Gasteiger partial charge in [-0.15, -0.1) is 0 Å². The second kappa shape index (κ2) is 7.36. The summed E-state index contributed by atoms with van der Waals surface area (Å²) >= 11 is 6.02. The molecule has 0 amide bonds. The Morgan fingerprint density at radius 1 is 1.53 bits per heavy atom. The molecule has 0 saturated carbocycles. The third-order valence-electron chi connectivity index (χ3n) is 3.56. The SMILES string of the molecule is CCC(CC(N)=NO)N(C)C(C)c1cccc(Cl)c1. The molecular weight excluding hydrogens is 262 g/mol. The molecule has 1 aromatic carbocycles. The number of amidine groups is 1. The Balaban J connectivity index is 2.82. The van der Waals surface area contributed by atoms with E-state index in [1.54, 1.807) is 0 Å². The maximum absolute atomic E-state index is 8.68. The van der Waals surface area contributed by atoms with Gasteiger partial charge < -0.3 is 10.9 Å². The van der Waals surface area contributed by atoms with Gasteiger partial charge in [0.05, 0.1) is 0 Å². The van der Waals surface area contributed by atoms with E-state index in [-0.39, 0.29) is 17.9 Å². The third kappa shape index (κ3) is 4.40. The Morgan fingerprint density at radius 3 is 2.74 bits per heavy atom. The summed E-state index contributed by atoms with van der Waals surface area (Å²) in [6.45, 7) is 4.22. The van der Waals surface area contributed by atoms with Gasteiger partial charge in [-0.2, -0.15) is 0 Å². The number of oxime groups is 1. The lowest BCUT2D eigenvalue weighted by Crippen LogP contribution is -2.36. The van der Waals surface area contributed by atoms with E-state index in [0.29, 0.717) is 6.42 Å². The van der Waals surface area contributed by atoms with Gasteiger partial charge in [-0.1, -0.05) is 35.8 Å². The van der Waals surface area contributed by atoms with E-state index >= 15 is 0 Å². The van der Waals surface area contributed by atoms with Crippen molar-refractivity contribution in [1.29, 1.82) is 0 Å². The molecule has 1 rings (SSSR count). The summed E-state index contributed by atoms with van der Waals surface area (Å²) in [5, 5.41) is 12.5. The molecule has 0 aliphatic rings. The van der Waals surface area contributed by atoms with Crippen LogP contribution in [0, 0.1) is 0 Å². The zero-order valence-corrected chi connectivity index (χ0v) is 12.4. The van der Waals surface area contributed by atoms with Crippen molar-refractivity contribution in [2.24, 2.45) is 10.9 Å². The topological polar surface area (TPSA) is 61.9 Å². The van der Waals surface area contributed by atoms with Gasteiger partial charge in [-0.25, -0.2) is 0 Å². The number of halogens is 1. The largest absolute Gasteiger partial charge is 0.409 e. The molecule has 1 aromatic rings. The highest BCUT2D eigenvalue weighted by molar-refractivity contribution is 6.30. The van der Waals surface area contributed by atoms with Crippen molar-refractivity contribution < 1.29 is 5.21 Å². The molecule has 0 aliphatic carbocycles. The number of rotatable bonds is 6. The number of hydrogen-bond acceptors (Lipinski definition) is 3. The maximum atomic E-state index is 8.68. The second-order valence-electron chi connectivity index (χ2n) is 4.75. The lowest BCUT2D eigenvalue weighted by molar-refractivity contribution is 0.182. The van der Waals surface area contributed by atoms with Crippen molar-refractivity contribution in [2.45, 2.75) is 38.8 Å². The summed E-state index contributed by atoms with van der Waals surface area (Å²) in [5.74, 6) is 0.261. The van der Waals surface area contributed by atoms with E-state index in [1.165, 1.54) is 0 Å². The van der Waals surface area contributed by atoms with Crippen LogP contribution in [0.4, 0.5) is 0 Å². The Labute approximate surface area is 119 Å². The molecule has 4 nitrogen and oxygen atoms in total. The van der Waals surface area contributed by atoms with Crippen LogP contribution in [0.1, 0.15) is 38.3 Å². The van der Waals surface area contributed by atoms with Crippen molar-refractivity contribution in [3.63, 3.8) is 0 Å². The lowest BCUT2D eigenvalue weighted by Gasteiger charge is -2.32. The summed E-state index contributed by atoms with van der Waals surface area (Å²) in [4.78, 5) is 2.23. The Hall–Kier alpha value is -1.26. The zero-order valence-electron chi connectivity index (χ0n) is 11.7. The van der Waals surface area contributed by atoms with Crippen LogP contribution >= 0.6 is 11.6 Å². The molecule has 3 N–H and O–H groups in total. The van der Waals surface area contributed by atoms with Crippen LogP contribution in [0.5, 0.6) is 0 Å². The average molecular weight is 284 g/mol. The van der Waals surface area contributed by atoms with Crippen LogP contribution < -0.4 is 5.73 Å². The van der Waals surface area contributed by atoms with Gasteiger partial charge in [0.25, 0.3) is 0 Å². The minimum Gasteiger partial charge on any atom is -0.409 e. The first-order valence-electron chi connectivity index (χ1n) is 6.43. The molecule has 0 spiro atoms. The molecular formula is C14H22ClN3O. The Bertz CT molecular complexity index is 436. The maximum Gasteiger partial charge on any atom is 0.140 e. The molecule has 2 unspecified atom stereocenters. The van der Waals surface area contributed by atoms with Crippen LogP contribution in [-0.2, 0) is 0 Å². The smallest absolute Gasteiger partial charge is 0.140 e. The fourth-order valence-corrected chi connectivity index (χ4v) is 2.38. The summed E-state index contributed by atoms with van der Waals surface area (Å²) in [5.41, 5.74) is 6.76. The normalized spacial score (nSPS) is 15.5. The highest BCUT2D eigenvalue weighted by Crippen LogP contribution is 2.25. The molecule has 0 fully saturated rings. The first-order valence-corrected chi connectivity index (χ1v) is 6.81. The molecule has 0 aromatic heterocycles. The number of hydrogen-bond donors (Lipinski definition) is 2. The van der Waals surface area contributed by atoms with Crippen molar-refractivity contribution in [2.75, 3.05) is 7.05 Å². The summed E-state index contributed by atoms with van der Waals surface area (Å²) < 4.78 is 0. The zero-order chi connectivity index (χ0) is 14.4. The van der Waals surface area contributed by atoms with Crippen LogP contribution in [0.25, 0.3) is 0 Å². The molecule has 0 bridgehead atoms. The van der Waals surface area contributed by atoms with Gasteiger partial charge in [-0.05, 0) is 38.1 Å². The predicted octanol–water partition coefficient (Wildman–Crippen LogP) is 3.25. The summed E-state index contributed by atoms with van der Waals surface area (Å²) in [7, 11) is 2.05. The molecule has 106 valence electrons. The highest BCUT2D eigenvalue weighted by atomic mass is 35.5. The van der Waals surface area contributed by atoms with Crippen LogP contribution in [0.3, 0.4) is 0 Å². The second-order valence-corrected chi connectivity index (χ2v) is 5.19. The quantitative estimate of drug-likeness (QED) is 0.365. The van der Waals surface area contributed by atoms with Gasteiger partial charge in [0.1, 0.15) is 5.84 Å². The monoisotopic (exact) mass is 283 g/mol. The first-order chi connectivity index (χ1) is 8.99. The molecule has 2 atom stereocenters. The fraction of sp³-hybridized carbons (Fsp3) is 0.500. The number of nitrogens with zero attached hydrogens (tertiary/aromatic N) is 2. The molecule has 19 heavy (non-hydrogen) atoms. The van der Waals surface area contributed by atoms with Crippen molar-refractivity contribution in [3.05, 3.63) is 34.9 Å². The van der Waals surface area contributed by atoms with Crippen LogP contribution in [0.2, 0.25) is 5.02 Å². The number of nitrogens with two attached hydrogens (primary N) is 1. The van der Waals surface area contributed by atoms with Crippen LogP contribution in [-0.4, -0.2) is 29.0 Å². The summed E-state index contributed by atoms with van der Waals surface area (Å²) in [6.07, 6.45) is 1.48. The Kier molecular flexibility index (Phi) is 6.12. The van der Waals surface area contributed by atoms with E-state index in [1.807, 2.05) is 25.2 Å². The fourth-order valence-electron chi connectivity index (χ4n) is 2.18. The van der Waals surface area contributed by atoms with Gasteiger partial charge in [0.2, 0.25) is 0 Å².